The van der Waals surface area contributed by atoms with Crippen molar-refractivity contribution in [2.45, 2.75) is 38.0 Å². The summed E-state index contributed by atoms with van der Waals surface area (Å²) in [5.74, 6) is -0.180. The number of nitrogens with one attached hydrogen (secondary N) is 1. The van der Waals surface area contributed by atoms with Crippen molar-refractivity contribution < 1.29 is 17.6 Å². The summed E-state index contributed by atoms with van der Waals surface area (Å²) in [7, 11) is -3.54. The van der Waals surface area contributed by atoms with Crippen LogP contribution in [0.1, 0.15) is 40.3 Å². The normalized spacial score (nSPS) is 15.3. The molecule has 1 aliphatic rings. The molecular weight excluding hydrogens is 426 g/mol. The average Bonchev–Trinajstić information content (AvgIpc) is 3.34. The van der Waals surface area contributed by atoms with Crippen LogP contribution in [0.3, 0.4) is 0 Å². The Balaban J connectivity index is 1.46. The van der Waals surface area contributed by atoms with Gasteiger partial charge in [-0.2, -0.15) is 4.31 Å². The largest absolute Gasteiger partial charge is 0.402 e. The van der Waals surface area contributed by atoms with E-state index in [1.54, 1.807) is 0 Å². The molecule has 0 unspecified atom stereocenters. The third kappa shape index (κ3) is 4.13. The number of nitrogens with zero attached hydrogens (tertiary/aromatic N) is 4. The molecule has 0 spiro atoms. The molecule has 1 amide bonds. The van der Waals surface area contributed by atoms with E-state index >= 15 is 0 Å². The first-order chi connectivity index (χ1) is 14.3. The molecule has 3 heterocycles. The number of sulfonamides is 1. The second kappa shape index (κ2) is 8.25. The first-order valence-electron chi connectivity index (χ1n) is 9.54. The van der Waals surface area contributed by atoms with Gasteiger partial charge in [0.1, 0.15) is 4.88 Å². The number of benzene rings is 1. The molecule has 0 aliphatic carbocycles. The van der Waals surface area contributed by atoms with Gasteiger partial charge in [0.2, 0.25) is 10.0 Å². The number of aromatic nitrogens is 3. The molecule has 0 atom stereocenters. The monoisotopic (exact) mass is 447 g/mol. The number of hydrogen-bond donors (Lipinski definition) is 1. The van der Waals surface area contributed by atoms with Crippen LogP contribution in [-0.4, -0.2) is 46.9 Å². The summed E-state index contributed by atoms with van der Waals surface area (Å²) in [6.45, 7) is 4.79. The van der Waals surface area contributed by atoms with Crippen molar-refractivity contribution in [1.82, 2.24) is 19.5 Å². The molecule has 0 bridgehead atoms. The highest BCUT2D eigenvalue weighted by Crippen LogP contribution is 2.29. The zero-order valence-corrected chi connectivity index (χ0v) is 18.2. The quantitative estimate of drug-likeness (QED) is 0.638. The van der Waals surface area contributed by atoms with Crippen molar-refractivity contribution in [1.29, 1.82) is 0 Å². The molecule has 0 saturated carbocycles. The second-order valence-corrected chi connectivity index (χ2v) is 10.1. The lowest BCUT2D eigenvalue weighted by Crippen LogP contribution is -2.35. The summed E-state index contributed by atoms with van der Waals surface area (Å²) in [5, 5.41) is 11.2. The van der Waals surface area contributed by atoms with E-state index in [4.69, 9.17) is 4.42 Å². The summed E-state index contributed by atoms with van der Waals surface area (Å²) in [4.78, 5) is 17.7. The minimum Gasteiger partial charge on any atom is -0.402 e. The number of carbonyl (C=O) groups is 1. The smallest absolute Gasteiger partial charge is 0.322 e. The van der Waals surface area contributed by atoms with Gasteiger partial charge in [-0.1, -0.05) is 11.5 Å². The summed E-state index contributed by atoms with van der Waals surface area (Å²) >= 11 is 1.43. The van der Waals surface area contributed by atoms with Gasteiger partial charge in [-0.15, -0.1) is 16.4 Å². The van der Waals surface area contributed by atoms with Crippen LogP contribution in [-0.2, 0) is 10.0 Å². The molecule has 0 radical (unpaired) electrons. The predicted molar refractivity (Wildman–Crippen MR) is 112 cm³/mol. The lowest BCUT2D eigenvalue weighted by atomic mass is 10.2. The van der Waals surface area contributed by atoms with Gasteiger partial charge < -0.3 is 4.42 Å². The van der Waals surface area contributed by atoms with Crippen LogP contribution in [0.25, 0.3) is 10.8 Å². The number of carbonyl (C=O) groups excluding carboxylic acids is 1. The molecule has 30 heavy (non-hydrogen) atoms. The SMILES string of the molecule is Cc1nc(C)c(-c2nnc(NC(=O)c3ccc(S(=O)(=O)N4CCCCC4)cc3)o2)s1. The number of hydrogen-bond acceptors (Lipinski definition) is 8. The molecule has 9 nitrogen and oxygen atoms in total. The summed E-state index contributed by atoms with van der Waals surface area (Å²) in [6.07, 6.45) is 2.78. The van der Waals surface area contributed by atoms with Crippen LogP contribution in [0.5, 0.6) is 0 Å². The van der Waals surface area contributed by atoms with Crippen molar-refractivity contribution in [2.24, 2.45) is 0 Å². The molecule has 11 heteroatoms. The molecule has 3 aromatic rings. The van der Waals surface area contributed by atoms with Gasteiger partial charge in [-0.25, -0.2) is 13.4 Å². The minimum absolute atomic E-state index is 0.0366. The molecule has 4 rings (SSSR count). The molecule has 158 valence electrons. The molecule has 1 N–H and O–H groups in total. The van der Waals surface area contributed by atoms with E-state index in [0.717, 1.165) is 34.8 Å². The van der Waals surface area contributed by atoms with E-state index in [9.17, 15) is 13.2 Å². The zero-order chi connectivity index (χ0) is 21.3. The van der Waals surface area contributed by atoms with Gasteiger partial charge in [0.25, 0.3) is 11.8 Å². The zero-order valence-electron chi connectivity index (χ0n) is 16.6. The van der Waals surface area contributed by atoms with Crippen LogP contribution < -0.4 is 5.32 Å². The fourth-order valence-corrected chi connectivity index (χ4v) is 5.66. The Morgan fingerprint density at radius 2 is 1.80 bits per heavy atom. The molecule has 1 fully saturated rings. The second-order valence-electron chi connectivity index (χ2n) is 7.00. The molecule has 1 aromatic carbocycles. The number of aryl methyl sites for hydroxylation is 2. The standard InChI is InChI=1S/C19H21N5O4S2/c1-12-16(29-13(2)20-12)18-22-23-19(28-18)21-17(25)14-6-8-15(9-7-14)30(26,27)24-10-4-3-5-11-24/h6-9H,3-5,10-11H2,1-2H3,(H,21,23,25). The van der Waals surface area contributed by atoms with E-state index in [1.807, 2.05) is 13.8 Å². The van der Waals surface area contributed by atoms with E-state index in [1.165, 1.54) is 39.9 Å². The van der Waals surface area contributed by atoms with Gasteiger partial charge in [0.05, 0.1) is 15.6 Å². The van der Waals surface area contributed by atoms with Crippen molar-refractivity contribution >= 4 is 33.3 Å². The van der Waals surface area contributed by atoms with E-state index in [0.29, 0.717) is 13.1 Å². The molecular formula is C19H21N5O4S2. The highest BCUT2D eigenvalue weighted by atomic mass is 32.2. The Morgan fingerprint density at radius 1 is 1.10 bits per heavy atom. The highest BCUT2D eigenvalue weighted by Gasteiger charge is 2.26. The third-order valence-electron chi connectivity index (χ3n) is 4.81. The number of piperidine rings is 1. The summed E-state index contributed by atoms with van der Waals surface area (Å²) < 4.78 is 32.4. The van der Waals surface area contributed by atoms with E-state index in [-0.39, 0.29) is 22.4 Å². The van der Waals surface area contributed by atoms with Gasteiger partial charge in [0, 0.05) is 18.7 Å². The van der Waals surface area contributed by atoms with Crippen molar-refractivity contribution in [3.8, 4) is 10.8 Å². The Labute approximate surface area is 178 Å². The summed E-state index contributed by atoms with van der Waals surface area (Å²) in [5.41, 5.74) is 1.07. The minimum atomic E-state index is -3.54. The topological polar surface area (TPSA) is 118 Å². The van der Waals surface area contributed by atoms with Crippen molar-refractivity contribution in [2.75, 3.05) is 18.4 Å². The maximum atomic E-state index is 12.7. The Morgan fingerprint density at radius 3 is 2.43 bits per heavy atom. The van der Waals surface area contributed by atoms with Crippen molar-refractivity contribution in [3.05, 3.63) is 40.5 Å². The van der Waals surface area contributed by atoms with Crippen LogP contribution in [0.4, 0.5) is 6.01 Å². The van der Waals surface area contributed by atoms with E-state index in [2.05, 4.69) is 20.5 Å². The van der Waals surface area contributed by atoms with Crippen LogP contribution in [0, 0.1) is 13.8 Å². The average molecular weight is 448 g/mol. The number of rotatable bonds is 5. The van der Waals surface area contributed by atoms with Gasteiger partial charge >= 0.3 is 6.01 Å². The predicted octanol–water partition coefficient (Wildman–Crippen LogP) is 3.24. The summed E-state index contributed by atoms with van der Waals surface area (Å²) in [6, 6.07) is 5.80. The van der Waals surface area contributed by atoms with Crippen molar-refractivity contribution in [3.63, 3.8) is 0 Å². The maximum absolute atomic E-state index is 12.7. The van der Waals surface area contributed by atoms with Crippen LogP contribution >= 0.6 is 11.3 Å². The Hall–Kier alpha value is -2.63. The number of amides is 1. The van der Waals surface area contributed by atoms with E-state index < -0.39 is 15.9 Å². The maximum Gasteiger partial charge on any atom is 0.322 e. The van der Waals surface area contributed by atoms with Crippen LogP contribution in [0.2, 0.25) is 0 Å². The Kier molecular flexibility index (Phi) is 5.67. The van der Waals surface area contributed by atoms with Gasteiger partial charge in [-0.3, -0.25) is 10.1 Å². The first kappa shape index (κ1) is 20.6. The fourth-order valence-electron chi connectivity index (χ4n) is 3.30. The number of anilines is 1. The van der Waals surface area contributed by atoms with Crippen LogP contribution in [0.15, 0.2) is 33.6 Å². The lowest BCUT2D eigenvalue weighted by molar-refractivity contribution is 0.102. The highest BCUT2D eigenvalue weighted by molar-refractivity contribution is 7.89. The number of thiazole rings is 1. The molecule has 1 aliphatic heterocycles. The van der Waals surface area contributed by atoms with Gasteiger partial charge in [0.15, 0.2) is 0 Å². The fraction of sp³-hybridized carbons (Fsp3) is 0.368. The van der Waals surface area contributed by atoms with Gasteiger partial charge in [-0.05, 0) is 51.0 Å². The first-order valence-corrected chi connectivity index (χ1v) is 11.8. The molecule has 2 aromatic heterocycles. The third-order valence-corrected chi connectivity index (χ3v) is 7.79. The lowest BCUT2D eigenvalue weighted by Gasteiger charge is -2.25. The molecule has 1 saturated heterocycles. The Bertz CT molecular complexity index is 1160.